The van der Waals surface area contributed by atoms with Crippen LogP contribution >= 0.6 is 0 Å². The van der Waals surface area contributed by atoms with Crippen LogP contribution in [0.2, 0.25) is 0 Å². The van der Waals surface area contributed by atoms with Gasteiger partial charge in [-0.05, 0) is 101 Å². The number of allylic oxidation sites excluding steroid dienone is 1. The number of ketones is 1. The van der Waals surface area contributed by atoms with Crippen LogP contribution in [0.3, 0.4) is 0 Å². The molecule has 0 spiro atoms. The molecule has 200 valence electrons. The molecule has 7 nitrogen and oxygen atoms in total. The molecule has 4 aliphatic rings. The summed E-state index contributed by atoms with van der Waals surface area (Å²) in [5.74, 6) is -0.864. The van der Waals surface area contributed by atoms with Gasteiger partial charge in [0, 0.05) is 18.4 Å². The largest absolute Gasteiger partial charge is 0.390 e. The normalized spacial score (nSPS) is 46.2. The van der Waals surface area contributed by atoms with Crippen molar-refractivity contribution in [2.75, 3.05) is 7.11 Å². The van der Waals surface area contributed by atoms with Crippen molar-refractivity contribution in [3.05, 3.63) is 11.6 Å². The Balaban J connectivity index is 1.64. The molecule has 10 atom stereocenters. The molecule has 0 saturated heterocycles. The Hall–Kier alpha value is -0.830. The van der Waals surface area contributed by atoms with Crippen molar-refractivity contribution in [1.29, 1.82) is 0 Å². The fourth-order valence-electron chi connectivity index (χ4n) is 8.42. The number of methoxy groups -OCH3 is 1. The molecule has 0 radical (unpaired) electrons. The van der Waals surface area contributed by atoms with Crippen molar-refractivity contribution in [1.82, 2.24) is 0 Å². The molecule has 7 heteroatoms. The molecule has 5 N–H and O–H groups in total. The number of aliphatic hydroxyl groups is 5. The van der Waals surface area contributed by atoms with E-state index in [1.54, 1.807) is 20.1 Å². The van der Waals surface area contributed by atoms with Crippen molar-refractivity contribution in [2.45, 2.75) is 121 Å². The summed E-state index contributed by atoms with van der Waals surface area (Å²) in [6, 6.07) is 0. The zero-order valence-electron chi connectivity index (χ0n) is 22.3. The molecule has 0 amide bonds. The van der Waals surface area contributed by atoms with Gasteiger partial charge in [-0.15, -0.1) is 0 Å². The van der Waals surface area contributed by atoms with Gasteiger partial charge in [0.2, 0.25) is 0 Å². The Bertz CT molecular complexity index is 881. The van der Waals surface area contributed by atoms with E-state index in [1.807, 2.05) is 27.7 Å². The van der Waals surface area contributed by atoms with Crippen LogP contribution in [-0.4, -0.2) is 73.5 Å². The quantitative estimate of drug-likeness (QED) is 0.384. The monoisotopic (exact) mass is 494 g/mol. The second-order valence-corrected chi connectivity index (χ2v) is 13.3. The number of hydrogen-bond acceptors (Lipinski definition) is 7. The molecule has 0 bridgehead atoms. The van der Waals surface area contributed by atoms with Crippen molar-refractivity contribution < 1.29 is 35.1 Å². The molecule has 4 aliphatic carbocycles. The third-order valence-electron chi connectivity index (χ3n) is 11.1. The molecule has 4 rings (SSSR count). The summed E-state index contributed by atoms with van der Waals surface area (Å²) in [6.45, 7) is 9.61. The highest BCUT2D eigenvalue weighted by Gasteiger charge is 2.69. The number of rotatable bonds is 6. The zero-order valence-corrected chi connectivity index (χ0v) is 22.3. The Labute approximate surface area is 209 Å². The molecule has 0 aliphatic heterocycles. The van der Waals surface area contributed by atoms with Crippen LogP contribution in [-0.2, 0) is 9.53 Å². The average molecular weight is 495 g/mol. The number of carbonyl (C=O) groups excluding carboxylic acids is 1. The van der Waals surface area contributed by atoms with Gasteiger partial charge in [0.15, 0.2) is 5.78 Å². The van der Waals surface area contributed by atoms with E-state index in [2.05, 4.69) is 0 Å². The lowest BCUT2D eigenvalue weighted by Crippen LogP contribution is -2.62. The van der Waals surface area contributed by atoms with Crippen molar-refractivity contribution >= 4 is 5.78 Å². The van der Waals surface area contributed by atoms with Crippen LogP contribution in [0.4, 0.5) is 0 Å². The Morgan fingerprint density at radius 1 is 1.11 bits per heavy atom. The molecule has 0 unspecified atom stereocenters. The maximum atomic E-state index is 13.3. The van der Waals surface area contributed by atoms with E-state index in [1.165, 1.54) is 0 Å². The first kappa shape index (κ1) is 27.2. The van der Waals surface area contributed by atoms with Gasteiger partial charge in [0.05, 0.1) is 35.1 Å². The van der Waals surface area contributed by atoms with Crippen LogP contribution in [0, 0.1) is 28.6 Å². The summed E-state index contributed by atoms with van der Waals surface area (Å²) in [4.78, 5) is 13.3. The van der Waals surface area contributed by atoms with E-state index >= 15 is 0 Å². The highest BCUT2D eigenvalue weighted by molar-refractivity contribution is 5.95. The summed E-state index contributed by atoms with van der Waals surface area (Å²) in [5, 5.41) is 55.8. The first-order valence-electron chi connectivity index (χ1n) is 13.3. The summed E-state index contributed by atoms with van der Waals surface area (Å²) < 4.78 is 5.48. The standard InChI is InChI=1S/C28H46O7/c1-24(2,35-6)10-9-23(32)27(5,33)22-8-12-28(34)17-13-19(29)18-14-20(30)21(31)15-25(18,3)16(17)7-11-26(22,28)4/h13,16,18,20-23,30-34H,7-12,14-15H2,1-6H3/t16-,18-,20+,21-,22-,23+,25+,26+,27+,28+/m0/s1. The molecule has 3 saturated carbocycles. The minimum atomic E-state index is -1.41. The molecular weight excluding hydrogens is 448 g/mol. The van der Waals surface area contributed by atoms with Crippen molar-refractivity contribution in [3.8, 4) is 0 Å². The summed E-state index contributed by atoms with van der Waals surface area (Å²) in [6.07, 6.45) is 2.74. The first-order chi connectivity index (χ1) is 16.0. The van der Waals surface area contributed by atoms with Crippen LogP contribution in [0.25, 0.3) is 0 Å². The fourth-order valence-corrected chi connectivity index (χ4v) is 8.42. The lowest BCUT2D eigenvalue weighted by molar-refractivity contribution is -0.177. The van der Waals surface area contributed by atoms with E-state index < -0.39 is 45.9 Å². The van der Waals surface area contributed by atoms with Crippen LogP contribution in [0.15, 0.2) is 11.6 Å². The minimum absolute atomic E-state index is 0.0680. The highest BCUT2D eigenvalue weighted by Crippen LogP contribution is 2.68. The fraction of sp³-hybridized carbons (Fsp3) is 0.893. The average Bonchev–Trinajstić information content (AvgIpc) is 3.06. The second kappa shape index (κ2) is 8.60. The van der Waals surface area contributed by atoms with Crippen molar-refractivity contribution in [3.63, 3.8) is 0 Å². The topological polar surface area (TPSA) is 127 Å². The Morgan fingerprint density at radius 3 is 2.40 bits per heavy atom. The number of fused-ring (bicyclic) bond motifs is 5. The molecule has 0 aromatic heterocycles. The molecular formula is C28H46O7. The second-order valence-electron chi connectivity index (χ2n) is 13.3. The van der Waals surface area contributed by atoms with Crippen LogP contribution in [0.1, 0.15) is 86.0 Å². The Kier molecular flexibility index (Phi) is 6.69. The maximum Gasteiger partial charge on any atom is 0.159 e. The van der Waals surface area contributed by atoms with Gasteiger partial charge in [-0.25, -0.2) is 0 Å². The van der Waals surface area contributed by atoms with Gasteiger partial charge in [-0.2, -0.15) is 0 Å². The van der Waals surface area contributed by atoms with Gasteiger partial charge >= 0.3 is 0 Å². The van der Waals surface area contributed by atoms with E-state index in [-0.39, 0.29) is 30.0 Å². The van der Waals surface area contributed by atoms with Gasteiger partial charge in [0.1, 0.15) is 0 Å². The van der Waals surface area contributed by atoms with Gasteiger partial charge < -0.3 is 30.3 Å². The van der Waals surface area contributed by atoms with Crippen LogP contribution in [0.5, 0.6) is 0 Å². The van der Waals surface area contributed by atoms with Crippen molar-refractivity contribution in [2.24, 2.45) is 28.6 Å². The number of ether oxygens (including phenoxy) is 1. The predicted molar refractivity (Wildman–Crippen MR) is 131 cm³/mol. The van der Waals surface area contributed by atoms with E-state index in [9.17, 15) is 30.3 Å². The van der Waals surface area contributed by atoms with Crippen LogP contribution < -0.4 is 0 Å². The van der Waals surface area contributed by atoms with Gasteiger partial charge in [0.25, 0.3) is 0 Å². The third-order valence-corrected chi connectivity index (χ3v) is 11.1. The number of aliphatic hydroxyl groups excluding tert-OH is 3. The number of carbonyl (C=O) groups is 1. The summed E-state index contributed by atoms with van der Waals surface area (Å²) in [5.41, 5.74) is -3.58. The molecule has 0 heterocycles. The summed E-state index contributed by atoms with van der Waals surface area (Å²) >= 11 is 0. The maximum absolute atomic E-state index is 13.3. The zero-order chi connectivity index (χ0) is 26.2. The highest BCUT2D eigenvalue weighted by atomic mass is 16.5. The third kappa shape index (κ3) is 3.96. The van der Waals surface area contributed by atoms with E-state index in [4.69, 9.17) is 4.74 Å². The SMILES string of the molecule is COC(C)(C)CC[C@@H](O)[C@](C)(O)[C@H]1CC[C@@]2(O)C3=CC(=O)[C@@H]4C[C@@H](O)[C@@H](O)C[C@]4(C)[C@H]3CC[C@]12C. The predicted octanol–water partition coefficient (Wildman–Crippen LogP) is 2.51. The number of hydrogen-bond donors (Lipinski definition) is 5. The van der Waals surface area contributed by atoms with E-state index in [0.29, 0.717) is 38.5 Å². The van der Waals surface area contributed by atoms with Gasteiger partial charge in [-0.3, -0.25) is 4.79 Å². The summed E-state index contributed by atoms with van der Waals surface area (Å²) in [7, 11) is 1.64. The lowest BCUT2D eigenvalue weighted by atomic mass is 9.45. The molecule has 35 heavy (non-hydrogen) atoms. The first-order valence-corrected chi connectivity index (χ1v) is 13.3. The smallest absolute Gasteiger partial charge is 0.159 e. The Morgan fingerprint density at radius 2 is 1.77 bits per heavy atom. The minimum Gasteiger partial charge on any atom is -0.390 e. The molecule has 0 aromatic carbocycles. The molecule has 0 aromatic rings. The van der Waals surface area contributed by atoms with Gasteiger partial charge in [-0.1, -0.05) is 13.8 Å². The molecule has 3 fully saturated rings. The van der Waals surface area contributed by atoms with E-state index in [0.717, 1.165) is 12.0 Å². The lowest BCUT2D eigenvalue weighted by Gasteiger charge is -2.60.